The Balaban J connectivity index is 3.17. The fourth-order valence-electron chi connectivity index (χ4n) is 0.101. The number of hydrogen-bond donors (Lipinski definition) is 3. The van der Waals surface area contributed by atoms with Crippen LogP contribution in [0.2, 0.25) is 0 Å². The van der Waals surface area contributed by atoms with Gasteiger partial charge in [0, 0.05) is 22.9 Å². The van der Waals surface area contributed by atoms with Gasteiger partial charge < -0.3 is 5.84 Å². The number of nitrogens with zero attached hydrogens (tertiary/aromatic N) is 1. The van der Waals surface area contributed by atoms with Gasteiger partial charge in [0.15, 0.2) is 0 Å². The minimum Gasteiger partial charge on any atom is -0.322 e. The van der Waals surface area contributed by atoms with E-state index in [1.807, 2.05) is 22.9 Å². The van der Waals surface area contributed by atoms with E-state index in [9.17, 15) is 0 Å². The minimum absolute atomic E-state index is 0.661. The van der Waals surface area contributed by atoms with Crippen LogP contribution in [0.3, 0.4) is 0 Å². The quantitative estimate of drug-likeness (QED) is 0.140. The molecule has 0 fully saturated rings. The number of amidine groups is 1. The van der Waals surface area contributed by atoms with Crippen molar-refractivity contribution in [2.24, 2.45) is 10.9 Å². The second-order valence-electron chi connectivity index (χ2n) is 0.934. The van der Waals surface area contributed by atoms with Crippen LogP contribution in [0.4, 0.5) is 0 Å². The van der Waals surface area contributed by atoms with Gasteiger partial charge >= 0.3 is 0 Å². The van der Waals surface area contributed by atoms with Crippen molar-refractivity contribution in [1.82, 2.24) is 9.06 Å². The molecule has 0 aromatic heterocycles. The Labute approximate surface area is 56.0 Å². The van der Waals surface area contributed by atoms with E-state index in [-0.39, 0.29) is 0 Å². The summed E-state index contributed by atoms with van der Waals surface area (Å²) in [5, 5.41) is 3.32. The Morgan fingerprint density at radius 3 is 2.57 bits per heavy atom. The monoisotopic (exact) mass is 214 g/mol. The first-order valence-corrected chi connectivity index (χ1v) is 2.75. The van der Waals surface area contributed by atoms with Gasteiger partial charge in [-0.25, -0.2) is 0 Å². The van der Waals surface area contributed by atoms with Crippen LogP contribution >= 0.6 is 22.9 Å². The number of rotatable bonds is 1. The first kappa shape index (κ1) is 6.96. The van der Waals surface area contributed by atoms with E-state index in [1.54, 1.807) is 6.92 Å². The van der Waals surface area contributed by atoms with Crippen molar-refractivity contribution in [3.63, 3.8) is 0 Å². The lowest BCUT2D eigenvalue weighted by Gasteiger charge is -1.95. The summed E-state index contributed by atoms with van der Waals surface area (Å²) in [6, 6.07) is 0. The van der Waals surface area contributed by atoms with Gasteiger partial charge in [0.1, 0.15) is 5.84 Å². The van der Waals surface area contributed by atoms with Crippen LogP contribution in [0.1, 0.15) is 6.92 Å². The number of nitrogens with two attached hydrogens (primary N) is 1. The van der Waals surface area contributed by atoms with Crippen LogP contribution in [0.25, 0.3) is 0 Å². The van der Waals surface area contributed by atoms with Crippen molar-refractivity contribution in [2.75, 3.05) is 0 Å². The maximum absolute atomic E-state index is 4.84. The summed E-state index contributed by atoms with van der Waals surface area (Å²) in [6.45, 7) is 1.76. The average Bonchev–Trinajstić information content (AvgIpc) is 1.68. The molecule has 4 N–H and O–H groups in total. The predicted octanol–water partition coefficient (Wildman–Crippen LogP) is -0.277. The van der Waals surface area contributed by atoms with Gasteiger partial charge in [0.2, 0.25) is 0 Å². The normalized spacial score (nSPS) is 11.4. The van der Waals surface area contributed by atoms with Crippen molar-refractivity contribution < 1.29 is 0 Å². The van der Waals surface area contributed by atoms with E-state index in [0.29, 0.717) is 5.84 Å². The molecule has 4 nitrogen and oxygen atoms in total. The van der Waals surface area contributed by atoms with E-state index in [1.165, 1.54) is 0 Å². The first-order chi connectivity index (χ1) is 3.31. The third-order valence-corrected chi connectivity index (χ3v) is 0.691. The van der Waals surface area contributed by atoms with Gasteiger partial charge in [-0.1, -0.05) is 0 Å². The zero-order valence-corrected chi connectivity index (χ0v) is 6.06. The van der Waals surface area contributed by atoms with Gasteiger partial charge in [0.05, 0.1) is 0 Å². The summed E-state index contributed by atoms with van der Waals surface area (Å²) in [5.41, 5.74) is 2.66. The summed E-state index contributed by atoms with van der Waals surface area (Å²) in [5.74, 6) is 5.50. The zero-order chi connectivity index (χ0) is 5.70. The summed E-state index contributed by atoms with van der Waals surface area (Å²) in [4.78, 5) is 0. The molecule has 5 heteroatoms. The molecule has 7 heavy (non-hydrogen) atoms. The highest BCUT2D eigenvalue weighted by Gasteiger charge is 1.78. The molecule has 0 aromatic carbocycles. The molecule has 0 saturated heterocycles. The van der Waals surface area contributed by atoms with Gasteiger partial charge in [-0.2, -0.15) is 8.74 Å². The van der Waals surface area contributed by atoms with Crippen LogP contribution in [0, 0.1) is 0 Å². The molecular weight excluding hydrogens is 207 g/mol. The molecule has 0 heterocycles. The van der Waals surface area contributed by atoms with E-state index < -0.39 is 0 Å². The topological polar surface area (TPSA) is 62.4 Å². The lowest BCUT2D eigenvalue weighted by molar-refractivity contribution is 0.942. The van der Waals surface area contributed by atoms with Gasteiger partial charge in [-0.05, 0) is 6.92 Å². The standard InChI is InChI=1S/C2H7IN4/c1-2(5-4)6-7-3/h7H,4H2,1H3,(H,5,6). The molecule has 0 rings (SSSR count). The largest absolute Gasteiger partial charge is 0.322 e. The molecule has 0 aromatic rings. The van der Waals surface area contributed by atoms with Gasteiger partial charge in [-0.15, -0.1) is 0 Å². The van der Waals surface area contributed by atoms with E-state index in [2.05, 4.69) is 14.2 Å². The van der Waals surface area contributed by atoms with E-state index >= 15 is 0 Å². The number of halogens is 1. The Hall–Kier alpha value is -0.0400. The third-order valence-electron chi connectivity index (χ3n) is 0.422. The third kappa shape index (κ3) is 3.80. The molecule has 0 aliphatic rings. The highest BCUT2D eigenvalue weighted by molar-refractivity contribution is 14.1. The molecular formula is C2H7IN4. The van der Waals surface area contributed by atoms with E-state index in [4.69, 9.17) is 5.84 Å². The fraction of sp³-hybridized carbons (Fsp3) is 0.500. The number of hydrogen-bond acceptors (Lipinski definition) is 3. The van der Waals surface area contributed by atoms with Crippen LogP contribution < -0.4 is 14.9 Å². The summed E-state index contributed by atoms with van der Waals surface area (Å²) < 4.78 is 2.63. The number of hydrazone groups is 1. The Bertz CT molecular complexity index is 70.1. The Kier molecular flexibility index (Phi) is 4.10. The van der Waals surface area contributed by atoms with Crippen molar-refractivity contribution in [1.29, 1.82) is 0 Å². The molecule has 0 unspecified atom stereocenters. The maximum Gasteiger partial charge on any atom is 0.133 e. The van der Waals surface area contributed by atoms with Crippen molar-refractivity contribution in [3.8, 4) is 0 Å². The van der Waals surface area contributed by atoms with Gasteiger partial charge in [0.25, 0.3) is 0 Å². The molecule has 0 aliphatic heterocycles. The second-order valence-corrected chi connectivity index (χ2v) is 1.47. The molecule has 0 bridgehead atoms. The van der Waals surface area contributed by atoms with Crippen molar-refractivity contribution in [2.45, 2.75) is 6.92 Å². The van der Waals surface area contributed by atoms with Gasteiger partial charge in [-0.3, -0.25) is 5.43 Å². The van der Waals surface area contributed by atoms with Crippen LogP contribution in [-0.2, 0) is 0 Å². The lowest BCUT2D eigenvalue weighted by atomic mass is 10.7. The maximum atomic E-state index is 4.84. The summed E-state index contributed by atoms with van der Waals surface area (Å²) >= 11 is 1.93. The molecule has 0 amide bonds. The van der Waals surface area contributed by atoms with Crippen LogP contribution in [-0.4, -0.2) is 5.84 Å². The Morgan fingerprint density at radius 2 is 2.43 bits per heavy atom. The SMILES string of the molecule is C/C(=N/N)NNI. The van der Waals surface area contributed by atoms with Crippen LogP contribution in [0.15, 0.2) is 5.10 Å². The highest BCUT2D eigenvalue weighted by Crippen LogP contribution is 1.63. The molecule has 0 aliphatic carbocycles. The lowest BCUT2D eigenvalue weighted by Crippen LogP contribution is -2.28. The summed E-state index contributed by atoms with van der Waals surface area (Å²) in [6.07, 6.45) is 0. The highest BCUT2D eigenvalue weighted by atomic mass is 127. The molecule has 0 radical (unpaired) electrons. The molecule has 0 atom stereocenters. The molecule has 42 valence electrons. The fourth-order valence-corrected chi connectivity index (χ4v) is 0.491. The average molecular weight is 214 g/mol. The van der Waals surface area contributed by atoms with Crippen molar-refractivity contribution in [3.05, 3.63) is 0 Å². The summed E-state index contributed by atoms with van der Waals surface area (Å²) in [7, 11) is 0. The van der Waals surface area contributed by atoms with Crippen LogP contribution in [0.5, 0.6) is 0 Å². The van der Waals surface area contributed by atoms with Crippen molar-refractivity contribution >= 4 is 28.7 Å². The minimum atomic E-state index is 0.661. The number of hydrazine groups is 1. The Morgan fingerprint density at radius 1 is 1.86 bits per heavy atom. The zero-order valence-electron chi connectivity index (χ0n) is 3.90. The van der Waals surface area contributed by atoms with E-state index in [0.717, 1.165) is 0 Å². The predicted molar refractivity (Wildman–Crippen MR) is 37.6 cm³/mol. The first-order valence-electron chi connectivity index (χ1n) is 1.67. The smallest absolute Gasteiger partial charge is 0.133 e. The molecule has 0 saturated carbocycles. The molecule has 0 spiro atoms. The number of nitrogens with one attached hydrogen (secondary N) is 2. The second kappa shape index (κ2) is 4.13.